The maximum atomic E-state index is 11.6. The molecule has 0 spiro atoms. The van der Waals surface area contributed by atoms with Crippen LogP contribution in [0.15, 0.2) is 77.4 Å². The van der Waals surface area contributed by atoms with Crippen molar-refractivity contribution >= 4 is 43.3 Å². The lowest BCUT2D eigenvalue weighted by Crippen LogP contribution is -2.28. The number of hydrogen-bond donors (Lipinski definition) is 3. The summed E-state index contributed by atoms with van der Waals surface area (Å²) in [5.74, 6) is -1.16. The number of aryl methyl sites for hydroxylation is 1. The molecule has 0 radical (unpaired) electrons. The minimum Gasteiger partial charge on any atom is -0.481 e. The van der Waals surface area contributed by atoms with Crippen LogP contribution in [-0.4, -0.2) is 66.1 Å². The first-order valence-electron chi connectivity index (χ1n) is 14.5. The maximum absolute atomic E-state index is 11.6. The van der Waals surface area contributed by atoms with E-state index in [1.165, 1.54) is 12.1 Å². The first-order valence-corrected chi connectivity index (χ1v) is 17.5. The van der Waals surface area contributed by atoms with Gasteiger partial charge in [0.25, 0.3) is 20.2 Å². The molecule has 12 heteroatoms. The van der Waals surface area contributed by atoms with Crippen molar-refractivity contribution in [3.63, 3.8) is 0 Å². The van der Waals surface area contributed by atoms with E-state index in [1.54, 1.807) is 6.07 Å². The molecule has 2 heterocycles. The van der Waals surface area contributed by atoms with Gasteiger partial charge in [-0.15, -0.1) is 0 Å². The highest BCUT2D eigenvalue weighted by Crippen LogP contribution is 2.41. The Balaban J connectivity index is 1.58. The van der Waals surface area contributed by atoms with Crippen molar-refractivity contribution in [2.75, 3.05) is 23.7 Å². The van der Waals surface area contributed by atoms with E-state index in [0.717, 1.165) is 39.5 Å². The van der Waals surface area contributed by atoms with Gasteiger partial charge in [-0.1, -0.05) is 24.3 Å². The van der Waals surface area contributed by atoms with Crippen LogP contribution in [0, 0.1) is 0 Å². The second-order valence-electron chi connectivity index (χ2n) is 11.5. The normalized spacial score (nSPS) is 17.3. The van der Waals surface area contributed by atoms with E-state index in [2.05, 4.69) is 29.4 Å². The first kappa shape index (κ1) is 33.3. The number of aliphatic carboxylic acids is 1. The summed E-state index contributed by atoms with van der Waals surface area (Å²) in [6.45, 7) is 7.46. The van der Waals surface area contributed by atoms with Gasteiger partial charge in [-0.25, -0.2) is 0 Å². The van der Waals surface area contributed by atoms with Gasteiger partial charge in [0.2, 0.25) is 5.69 Å². The summed E-state index contributed by atoms with van der Waals surface area (Å²) in [6.07, 6.45) is 11.6. The summed E-state index contributed by atoms with van der Waals surface area (Å²) in [7, 11) is -8.32. The number of unbranched alkanes of at least 4 members (excludes halogenated alkanes) is 1. The lowest BCUT2D eigenvalue weighted by atomic mass is 9.80. The number of hydrogen-bond acceptors (Lipinski definition) is 6. The number of anilines is 1. The Hall–Kier alpha value is -3.58. The minimum absolute atomic E-state index is 0.0393. The average molecular weight is 644 g/mol. The Kier molecular flexibility index (Phi) is 9.99. The van der Waals surface area contributed by atoms with Crippen LogP contribution < -0.4 is 4.90 Å². The highest BCUT2D eigenvalue weighted by molar-refractivity contribution is 7.86. The van der Waals surface area contributed by atoms with Gasteiger partial charge in [-0.3, -0.25) is 13.9 Å². The summed E-state index contributed by atoms with van der Waals surface area (Å²) >= 11 is 0. The minimum atomic E-state index is -4.28. The van der Waals surface area contributed by atoms with Gasteiger partial charge in [0, 0.05) is 54.9 Å². The lowest BCUT2D eigenvalue weighted by molar-refractivity contribution is -0.438. The Bertz CT molecular complexity index is 1790. The molecule has 0 unspecified atom stereocenters. The van der Waals surface area contributed by atoms with E-state index in [4.69, 9.17) is 9.66 Å². The number of nitrogens with zero attached hydrogens (tertiary/aromatic N) is 2. The number of carbonyl (C=O) groups is 1. The molecule has 3 N–H and O–H groups in total. The molecule has 0 saturated heterocycles. The van der Waals surface area contributed by atoms with Gasteiger partial charge < -0.3 is 10.0 Å². The van der Waals surface area contributed by atoms with E-state index >= 15 is 0 Å². The molecule has 0 aliphatic carbocycles. The third kappa shape index (κ3) is 7.73. The van der Waals surface area contributed by atoms with Crippen molar-refractivity contribution < 1.29 is 40.4 Å². The molecule has 10 nitrogen and oxygen atoms in total. The monoisotopic (exact) mass is 643 g/mol. The summed E-state index contributed by atoms with van der Waals surface area (Å²) in [4.78, 5) is 13.1. The van der Waals surface area contributed by atoms with E-state index < -0.39 is 31.6 Å². The van der Waals surface area contributed by atoms with Gasteiger partial charge in [-0.05, 0) is 75.1 Å². The number of allylic oxidation sites excluding steroid dienone is 6. The number of likely N-dealkylation sites (N-methyl/N-ethyl adjacent to an activating group) is 1. The summed E-state index contributed by atoms with van der Waals surface area (Å²) in [6, 6.07) is 10.6. The fraction of sp³-hybridized carbons (Fsp3) is 0.375. The molecule has 44 heavy (non-hydrogen) atoms. The van der Waals surface area contributed by atoms with E-state index in [9.17, 15) is 26.2 Å². The van der Waals surface area contributed by atoms with Crippen LogP contribution >= 0.6 is 0 Å². The molecular formula is C32H39N2O8S2+. The number of benzene rings is 2. The number of carboxylic acid groups (broad SMARTS) is 1. The van der Waals surface area contributed by atoms with Gasteiger partial charge in [0.15, 0.2) is 5.71 Å². The number of fused-ring (bicyclic) bond motifs is 2. The third-order valence-corrected chi connectivity index (χ3v) is 9.71. The molecule has 2 aliphatic rings. The molecule has 2 aromatic rings. The third-order valence-electron chi connectivity index (χ3n) is 8.06. The van der Waals surface area contributed by atoms with Crippen LogP contribution in [0.3, 0.4) is 0 Å². The zero-order valence-electron chi connectivity index (χ0n) is 25.1. The van der Waals surface area contributed by atoms with E-state index in [0.29, 0.717) is 38.8 Å². The van der Waals surface area contributed by atoms with Crippen LogP contribution in [0.1, 0.15) is 56.7 Å². The second-order valence-corrected chi connectivity index (χ2v) is 14.5. The van der Waals surface area contributed by atoms with Crippen molar-refractivity contribution in [3.05, 3.63) is 89.2 Å². The molecule has 4 rings (SSSR count). The molecule has 2 aliphatic heterocycles. The van der Waals surface area contributed by atoms with Crippen LogP contribution in [0.2, 0.25) is 0 Å². The zero-order valence-corrected chi connectivity index (χ0v) is 26.7. The molecule has 2 aromatic carbocycles. The molecular weight excluding hydrogens is 604 g/mol. The van der Waals surface area contributed by atoms with E-state index in [-0.39, 0.29) is 17.1 Å². The Labute approximate surface area is 259 Å². The topological polar surface area (TPSA) is 152 Å². The molecule has 0 atom stereocenters. The summed E-state index contributed by atoms with van der Waals surface area (Å²) in [5.41, 5.74) is 6.31. The van der Waals surface area contributed by atoms with Gasteiger partial charge in [-0.2, -0.15) is 21.4 Å². The van der Waals surface area contributed by atoms with Crippen molar-refractivity contribution in [2.45, 2.75) is 63.2 Å². The van der Waals surface area contributed by atoms with Gasteiger partial charge in [0.1, 0.15) is 6.54 Å². The largest absolute Gasteiger partial charge is 0.481 e. The fourth-order valence-corrected chi connectivity index (χ4v) is 7.00. The number of rotatable bonds is 13. The summed E-state index contributed by atoms with van der Waals surface area (Å²) in [5, 5.41) is 9.13. The van der Waals surface area contributed by atoms with Crippen LogP contribution in [-0.2, 0) is 43.3 Å². The maximum Gasteiger partial charge on any atom is 0.303 e. The first-order chi connectivity index (χ1) is 20.6. The molecule has 236 valence electrons. The number of carboxylic acids is 1. The van der Waals surface area contributed by atoms with Crippen molar-refractivity contribution in [1.82, 2.24) is 0 Å². The van der Waals surface area contributed by atoms with Gasteiger partial charge >= 0.3 is 5.97 Å². The van der Waals surface area contributed by atoms with Gasteiger partial charge in [0.05, 0.1) is 16.1 Å². The van der Waals surface area contributed by atoms with E-state index in [1.807, 2.05) is 49.4 Å². The Morgan fingerprint density at radius 1 is 1.02 bits per heavy atom. The molecule has 0 fully saturated rings. The van der Waals surface area contributed by atoms with Crippen molar-refractivity contribution in [3.8, 4) is 0 Å². The average Bonchev–Trinajstić information content (AvgIpc) is 3.39. The highest BCUT2D eigenvalue weighted by atomic mass is 32.2. The van der Waals surface area contributed by atoms with Crippen LogP contribution in [0.5, 0.6) is 0 Å². The second kappa shape index (κ2) is 13.2. The standard InChI is InChI=1S/C32H38N2O8S2/c1-4-33-25(21-24-22-26(44(40,41)42)14-16-28(24)33)10-6-5-7-11-30-32(2,3)27-20-23(13-17-31(35)36)12-15-29(27)34(30)18-8-9-19-43(37,38)39/h5-7,10-12,14-16,20,22H,4,8-9,13,17-19,21H2,1-3H3,(H2-,35,36,37,38,39,40,41,42)/p+1. The Morgan fingerprint density at radius 3 is 2.43 bits per heavy atom. The Morgan fingerprint density at radius 2 is 1.77 bits per heavy atom. The molecule has 0 amide bonds. The SMILES string of the molecule is CCN1/C(=C/C=C/C=C/C2=[N+](CCCCS(=O)(=O)O)c3ccc(CCC(=O)O)cc3C2(C)C)Cc2cc(S(=O)(=O)O)ccc21. The fourth-order valence-electron chi connectivity index (χ4n) is 5.90. The summed E-state index contributed by atoms with van der Waals surface area (Å²) < 4.78 is 66.4. The predicted octanol–water partition coefficient (Wildman–Crippen LogP) is 5.07. The van der Waals surface area contributed by atoms with Crippen LogP contribution in [0.4, 0.5) is 11.4 Å². The highest BCUT2D eigenvalue weighted by Gasteiger charge is 2.44. The molecule has 0 saturated carbocycles. The predicted molar refractivity (Wildman–Crippen MR) is 170 cm³/mol. The molecule has 0 aromatic heterocycles. The lowest BCUT2D eigenvalue weighted by Gasteiger charge is -2.19. The van der Waals surface area contributed by atoms with Crippen LogP contribution in [0.25, 0.3) is 0 Å². The smallest absolute Gasteiger partial charge is 0.303 e. The quantitative estimate of drug-likeness (QED) is 0.118. The van der Waals surface area contributed by atoms with Crippen molar-refractivity contribution in [2.24, 2.45) is 0 Å². The molecule has 0 bridgehead atoms. The van der Waals surface area contributed by atoms with Crippen molar-refractivity contribution in [1.29, 1.82) is 0 Å². The zero-order chi connectivity index (χ0) is 32.3.